The van der Waals surface area contributed by atoms with E-state index in [0.717, 1.165) is 10.2 Å². The second-order valence-corrected chi connectivity index (χ2v) is 5.52. The van der Waals surface area contributed by atoms with Gasteiger partial charge in [-0.3, -0.25) is 0 Å². The molecule has 15 heavy (non-hydrogen) atoms. The second-order valence-electron chi connectivity index (χ2n) is 4.23. The van der Waals surface area contributed by atoms with Crippen molar-refractivity contribution in [3.63, 3.8) is 0 Å². The van der Waals surface area contributed by atoms with Crippen LogP contribution in [-0.4, -0.2) is 13.2 Å². The molecule has 1 aromatic carbocycles. The van der Waals surface area contributed by atoms with Gasteiger partial charge in [0.1, 0.15) is 5.75 Å². The Morgan fingerprint density at radius 3 is 2.67 bits per heavy atom. The molecule has 0 spiro atoms. The minimum Gasteiger partial charge on any atom is -0.492 e. The topological polar surface area (TPSA) is 35.2 Å². The van der Waals surface area contributed by atoms with E-state index in [1.807, 2.05) is 12.1 Å². The first kappa shape index (κ1) is 12.8. The smallest absolute Gasteiger partial charge is 0.133 e. The molecule has 0 aromatic heterocycles. The van der Waals surface area contributed by atoms with Gasteiger partial charge in [-0.25, -0.2) is 0 Å². The summed E-state index contributed by atoms with van der Waals surface area (Å²) < 4.78 is 6.53. The average Bonchev–Trinajstić information content (AvgIpc) is 2.16. The predicted octanol–water partition coefficient (Wildman–Crippen LogP) is 3.47. The van der Waals surface area contributed by atoms with Gasteiger partial charge >= 0.3 is 0 Å². The van der Waals surface area contributed by atoms with Crippen LogP contribution in [0.25, 0.3) is 0 Å². The van der Waals surface area contributed by atoms with Crippen molar-refractivity contribution in [3.8, 4) is 5.75 Å². The Morgan fingerprint density at radius 1 is 1.47 bits per heavy atom. The van der Waals surface area contributed by atoms with Gasteiger partial charge in [-0.1, -0.05) is 25.4 Å². The highest BCUT2D eigenvalue weighted by Crippen LogP contribution is 2.29. The van der Waals surface area contributed by atoms with Gasteiger partial charge in [-0.15, -0.1) is 0 Å². The number of nitrogens with two attached hydrogens (primary N) is 1. The Kier molecular flexibility index (Phi) is 4.44. The lowest BCUT2D eigenvalue weighted by molar-refractivity contribution is 0.186. The molecular formula is C11H15BrClNO. The zero-order valence-electron chi connectivity index (χ0n) is 8.89. The number of hydrogen-bond donors (Lipinski definition) is 1. The highest BCUT2D eigenvalue weighted by Gasteiger charge is 2.17. The van der Waals surface area contributed by atoms with Crippen LogP contribution in [0.4, 0.5) is 0 Å². The number of benzene rings is 1. The Morgan fingerprint density at radius 2 is 2.13 bits per heavy atom. The highest BCUT2D eigenvalue weighted by molar-refractivity contribution is 9.10. The van der Waals surface area contributed by atoms with Crippen molar-refractivity contribution < 1.29 is 4.74 Å². The highest BCUT2D eigenvalue weighted by atomic mass is 79.9. The standard InChI is InChI=1S/C11H15BrClNO/c1-11(2,6-14)7-15-10-4-3-8(13)5-9(10)12/h3-5H,6-7,14H2,1-2H3. The van der Waals surface area contributed by atoms with Gasteiger partial charge < -0.3 is 10.5 Å². The lowest BCUT2D eigenvalue weighted by Crippen LogP contribution is -2.30. The molecule has 0 aliphatic heterocycles. The van der Waals surface area contributed by atoms with Gasteiger partial charge in [0.05, 0.1) is 11.1 Å². The van der Waals surface area contributed by atoms with Crippen molar-refractivity contribution in [2.75, 3.05) is 13.2 Å². The van der Waals surface area contributed by atoms with Crippen molar-refractivity contribution in [1.29, 1.82) is 0 Å². The molecule has 0 heterocycles. The van der Waals surface area contributed by atoms with Crippen LogP contribution in [-0.2, 0) is 0 Å². The third-order valence-corrected chi connectivity index (χ3v) is 2.92. The molecule has 0 saturated carbocycles. The minimum absolute atomic E-state index is 0.0148. The fourth-order valence-electron chi connectivity index (χ4n) is 0.924. The molecule has 0 radical (unpaired) electrons. The quantitative estimate of drug-likeness (QED) is 0.922. The van der Waals surface area contributed by atoms with Crippen molar-refractivity contribution in [2.45, 2.75) is 13.8 Å². The average molecular weight is 293 g/mol. The van der Waals surface area contributed by atoms with Crippen molar-refractivity contribution in [1.82, 2.24) is 0 Å². The van der Waals surface area contributed by atoms with Crippen LogP contribution in [0.3, 0.4) is 0 Å². The van der Waals surface area contributed by atoms with Crippen LogP contribution in [0.5, 0.6) is 5.75 Å². The van der Waals surface area contributed by atoms with E-state index in [-0.39, 0.29) is 5.41 Å². The first-order chi connectivity index (χ1) is 6.94. The monoisotopic (exact) mass is 291 g/mol. The largest absolute Gasteiger partial charge is 0.492 e. The van der Waals surface area contributed by atoms with Gasteiger partial charge in [0.2, 0.25) is 0 Å². The fourth-order valence-corrected chi connectivity index (χ4v) is 1.72. The van der Waals surface area contributed by atoms with Crippen molar-refractivity contribution in [3.05, 3.63) is 27.7 Å². The molecule has 0 saturated heterocycles. The molecule has 0 bridgehead atoms. The summed E-state index contributed by atoms with van der Waals surface area (Å²) in [5, 5.41) is 0.687. The van der Waals surface area contributed by atoms with E-state index in [9.17, 15) is 0 Å². The summed E-state index contributed by atoms with van der Waals surface area (Å²) in [6.07, 6.45) is 0. The molecule has 0 unspecified atom stereocenters. The van der Waals surface area contributed by atoms with Crippen LogP contribution in [0.1, 0.15) is 13.8 Å². The van der Waals surface area contributed by atoms with Gasteiger partial charge in [-0.05, 0) is 34.1 Å². The maximum absolute atomic E-state index is 5.83. The third-order valence-electron chi connectivity index (χ3n) is 2.06. The third kappa shape index (κ3) is 4.01. The molecule has 0 aliphatic carbocycles. The Balaban J connectivity index is 2.66. The van der Waals surface area contributed by atoms with Gasteiger partial charge in [-0.2, -0.15) is 0 Å². The summed E-state index contributed by atoms with van der Waals surface area (Å²) in [6.45, 7) is 5.32. The summed E-state index contributed by atoms with van der Waals surface area (Å²) in [6, 6.07) is 5.46. The molecule has 84 valence electrons. The Hall–Kier alpha value is -0.250. The predicted molar refractivity (Wildman–Crippen MR) is 67.5 cm³/mol. The molecule has 0 atom stereocenters. The van der Waals surface area contributed by atoms with Crippen LogP contribution in [0.15, 0.2) is 22.7 Å². The van der Waals surface area contributed by atoms with Gasteiger partial charge in [0, 0.05) is 17.0 Å². The van der Waals surface area contributed by atoms with Crippen LogP contribution < -0.4 is 10.5 Å². The maximum atomic E-state index is 5.83. The zero-order chi connectivity index (χ0) is 11.5. The van der Waals surface area contributed by atoms with Crippen LogP contribution in [0, 0.1) is 5.41 Å². The zero-order valence-corrected chi connectivity index (χ0v) is 11.2. The molecule has 2 N–H and O–H groups in total. The number of hydrogen-bond acceptors (Lipinski definition) is 2. The van der Waals surface area contributed by atoms with E-state index in [2.05, 4.69) is 29.8 Å². The van der Waals surface area contributed by atoms with E-state index in [4.69, 9.17) is 22.1 Å². The summed E-state index contributed by atoms with van der Waals surface area (Å²) in [5.41, 5.74) is 5.60. The molecule has 0 aliphatic rings. The van der Waals surface area contributed by atoms with Crippen molar-refractivity contribution >= 4 is 27.5 Å². The second kappa shape index (κ2) is 5.19. The number of halogens is 2. The number of ether oxygens (including phenoxy) is 1. The summed E-state index contributed by atoms with van der Waals surface area (Å²) in [4.78, 5) is 0. The van der Waals surface area contributed by atoms with Crippen LogP contribution >= 0.6 is 27.5 Å². The van der Waals surface area contributed by atoms with E-state index in [1.165, 1.54) is 0 Å². The van der Waals surface area contributed by atoms with Crippen LogP contribution in [0.2, 0.25) is 5.02 Å². The molecule has 1 aromatic rings. The van der Waals surface area contributed by atoms with E-state index in [1.54, 1.807) is 6.07 Å². The molecular weight excluding hydrogens is 277 g/mol. The molecule has 4 heteroatoms. The molecule has 2 nitrogen and oxygen atoms in total. The fraction of sp³-hybridized carbons (Fsp3) is 0.455. The van der Waals surface area contributed by atoms with E-state index in [0.29, 0.717) is 18.2 Å². The first-order valence-electron chi connectivity index (χ1n) is 4.72. The Labute approximate surface area is 104 Å². The summed E-state index contributed by atoms with van der Waals surface area (Å²) >= 11 is 9.22. The normalized spacial score (nSPS) is 11.5. The minimum atomic E-state index is -0.0148. The lowest BCUT2D eigenvalue weighted by atomic mass is 9.95. The molecule has 0 fully saturated rings. The lowest BCUT2D eigenvalue weighted by Gasteiger charge is -2.22. The number of rotatable bonds is 4. The SMILES string of the molecule is CC(C)(CN)COc1ccc(Cl)cc1Br. The van der Waals surface area contributed by atoms with Gasteiger partial charge in [0.15, 0.2) is 0 Å². The Bertz CT molecular complexity index is 341. The van der Waals surface area contributed by atoms with Crippen molar-refractivity contribution in [2.24, 2.45) is 11.1 Å². The molecule has 1 rings (SSSR count). The van der Waals surface area contributed by atoms with E-state index < -0.39 is 0 Å². The summed E-state index contributed by atoms with van der Waals surface area (Å²) in [7, 11) is 0. The molecule has 0 amide bonds. The maximum Gasteiger partial charge on any atom is 0.133 e. The van der Waals surface area contributed by atoms with Gasteiger partial charge in [0.25, 0.3) is 0 Å². The first-order valence-corrected chi connectivity index (χ1v) is 5.90. The summed E-state index contributed by atoms with van der Waals surface area (Å²) in [5.74, 6) is 0.793. The van der Waals surface area contributed by atoms with E-state index >= 15 is 0 Å².